The van der Waals surface area contributed by atoms with Gasteiger partial charge in [0.05, 0.1) is 28.4 Å². The molecule has 0 saturated heterocycles. The Bertz CT molecular complexity index is 4510. The van der Waals surface area contributed by atoms with Crippen LogP contribution in [0, 0.1) is 71.0 Å². The monoisotopic (exact) mass is 1080 g/mol. The van der Waals surface area contributed by atoms with Crippen LogP contribution in [0.15, 0.2) is 219 Å². The number of rotatable bonds is 0. The maximum atomic E-state index is 6.11. The van der Waals surface area contributed by atoms with Gasteiger partial charge in [0.2, 0.25) is 0 Å². The Labute approximate surface area is 486 Å². The topological polar surface area (TPSA) is 52.9 Å². The minimum absolute atomic E-state index is 0. The van der Waals surface area contributed by atoms with E-state index >= 15 is 0 Å². The molecular weight excluding hydrogens is 1030 g/mol. The average Bonchev–Trinajstić information content (AvgIpc) is 4.53. The Morgan fingerprint density at radius 3 is 1.02 bits per heavy atom. The Balaban J connectivity index is 0.00000542. The van der Waals surface area contributed by atoms with Gasteiger partial charge in [-0.3, -0.25) is 0 Å². The third kappa shape index (κ3) is 7.67. The molecule has 0 saturated carbocycles. The number of hydrogen-bond donors (Lipinski definition) is 0. The molecule has 2 aliphatic heterocycles. The second-order valence-corrected chi connectivity index (χ2v) is 23.2. The van der Waals surface area contributed by atoms with Crippen LogP contribution in [0.3, 0.4) is 0 Å². The van der Waals surface area contributed by atoms with Gasteiger partial charge in [-0.1, -0.05) is 191 Å². The van der Waals surface area contributed by atoms with Crippen LogP contribution in [0.2, 0.25) is 0 Å². The summed E-state index contributed by atoms with van der Waals surface area (Å²) in [5.74, 6) is 31.7. The van der Waals surface area contributed by atoms with Crippen molar-refractivity contribution in [1.82, 2.24) is 9.97 Å². The molecule has 0 N–H and O–H groups in total. The SMILES string of the molecule is C(#Cc1ccccc1)C1=C2N=C(C3=C2[C@@H]2C=C[C@H]3CC2)C(C#Cc2ccccc2)=c2[n-]c(c3c2[C@@H]2C=C[C@H]3CC2)=C(C#Cc2ccccc2)c2[n-]c(c3c2[C@@H]2C=C[C@H]3CC2)C(C#Cc2ccccc2)=C2N=C1C1=C2[C@@H]2C=C[C@H]1CC2.[Zn+2]. The number of benzene rings is 4. The Hall–Kier alpha value is -8.70. The molecule has 8 atom stereocenters. The summed E-state index contributed by atoms with van der Waals surface area (Å²) in [6.07, 6.45) is 27.9. The van der Waals surface area contributed by atoms with Crippen molar-refractivity contribution < 1.29 is 19.5 Å². The number of fused-ring (bicyclic) bond motifs is 4. The summed E-state index contributed by atoms with van der Waals surface area (Å²) in [5.41, 5.74) is 23.0. The first-order valence-electron chi connectivity index (χ1n) is 29.0. The molecule has 0 radical (unpaired) electrons. The largest absolute Gasteiger partial charge is 2.00 e. The molecule has 15 aliphatic rings. The van der Waals surface area contributed by atoms with E-state index in [9.17, 15) is 0 Å². The summed E-state index contributed by atoms with van der Waals surface area (Å²) in [6, 6.07) is 41.7. The first-order chi connectivity index (χ1) is 39.7. The van der Waals surface area contributed by atoms with Crippen molar-refractivity contribution in [3.8, 4) is 47.4 Å². The first kappa shape index (κ1) is 48.2. The normalized spacial score (nSPS) is 25.6. The van der Waals surface area contributed by atoms with Gasteiger partial charge in [-0.2, -0.15) is 0 Å². The molecule has 4 heterocycles. The zero-order valence-electron chi connectivity index (χ0n) is 44.9. The van der Waals surface area contributed by atoms with E-state index in [1.165, 1.54) is 44.5 Å². The van der Waals surface area contributed by atoms with Gasteiger partial charge in [-0.15, -0.1) is 22.1 Å². The number of allylic oxidation sites excluding steroid dienone is 14. The third-order valence-corrected chi connectivity index (χ3v) is 18.8. The van der Waals surface area contributed by atoms with Gasteiger partial charge in [-0.25, -0.2) is 9.98 Å². The molecule has 4 aromatic carbocycles. The van der Waals surface area contributed by atoms with Crippen molar-refractivity contribution in [3.05, 3.63) is 276 Å². The number of aliphatic imine (C=N–C) groups is 2. The second-order valence-electron chi connectivity index (χ2n) is 23.2. The summed E-state index contributed by atoms with van der Waals surface area (Å²) < 4.78 is 0. The molecule has 13 aliphatic carbocycles. The molecule has 0 unspecified atom stereocenters. The summed E-state index contributed by atoms with van der Waals surface area (Å²) in [5, 5.41) is 1.85. The van der Waals surface area contributed by atoms with E-state index in [-0.39, 0.29) is 66.8 Å². The molecule has 4 nitrogen and oxygen atoms in total. The minimum atomic E-state index is 0. The van der Waals surface area contributed by atoms with Crippen LogP contribution in [-0.2, 0) is 19.5 Å². The molecule has 378 valence electrons. The second kappa shape index (κ2) is 19.3. The number of hydrogen-bond acceptors (Lipinski definition) is 2. The smallest absolute Gasteiger partial charge is 0.655 e. The van der Waals surface area contributed by atoms with Crippen molar-refractivity contribution in [2.24, 2.45) is 33.7 Å². The average molecular weight is 1090 g/mol. The van der Waals surface area contributed by atoms with E-state index in [1.807, 2.05) is 0 Å². The van der Waals surface area contributed by atoms with E-state index in [0.717, 1.165) is 141 Å². The molecule has 81 heavy (non-hydrogen) atoms. The summed E-state index contributed by atoms with van der Waals surface area (Å²) in [7, 11) is 0. The van der Waals surface area contributed by atoms with Crippen molar-refractivity contribution in [2.45, 2.75) is 75.0 Å². The molecule has 2 aromatic heterocycles. The van der Waals surface area contributed by atoms with Gasteiger partial charge in [0, 0.05) is 80.7 Å². The molecule has 0 amide bonds. The predicted molar refractivity (Wildman–Crippen MR) is 319 cm³/mol. The quantitative estimate of drug-likeness (QED) is 0.0865. The van der Waals surface area contributed by atoms with Gasteiger partial charge in [0.25, 0.3) is 0 Å². The zero-order valence-corrected chi connectivity index (χ0v) is 47.9. The van der Waals surface area contributed by atoms with E-state index in [2.05, 4.69) is 217 Å². The molecule has 5 heteroatoms. The standard InChI is InChI=1S/C76H52N4.Zn/c1-5-13-45(14-6-1)21-41-57-69-61-49-25-29-51(30-26-49)63(61)71(77-69)58(42-22-46-15-7-2-8-16-46)73-65-53-33-37-55(38-34-53)67(65)75(79-73)60(44-24-48-19-11-4-12-20-48)76-68-56-39-35-54(36-40-56)66(68)74(80-76)59(43-23-47-17-9-3-10-18-47)72-64-52-31-27-50(28-32-52)62(64)70(57)78-72;/h1-20,25,27,29,31,33,35,37,39,49-56H,26,28,30,32,34,36,38,40H2;/q-2;+2/t49-,50+,51+,52-,53-,54+,55+,56-;. The number of nitrogens with zero attached hydrogens (tertiary/aromatic N) is 4. The van der Waals surface area contributed by atoms with Gasteiger partial charge < -0.3 is 9.97 Å². The van der Waals surface area contributed by atoms with Crippen molar-refractivity contribution >= 4 is 28.1 Å². The van der Waals surface area contributed by atoms with Gasteiger partial charge in [0.1, 0.15) is 0 Å². The summed E-state index contributed by atoms with van der Waals surface area (Å²) in [6.45, 7) is 0. The molecule has 16 bridgehead atoms. The van der Waals surface area contributed by atoms with E-state index < -0.39 is 0 Å². The Morgan fingerprint density at radius 1 is 0.296 bits per heavy atom. The Kier molecular flexibility index (Phi) is 11.5. The van der Waals surface area contributed by atoms with Crippen LogP contribution < -0.4 is 20.7 Å². The van der Waals surface area contributed by atoms with Crippen molar-refractivity contribution in [3.63, 3.8) is 0 Å². The fourth-order valence-corrected chi connectivity index (χ4v) is 15.2. The maximum absolute atomic E-state index is 6.11. The molecule has 0 fully saturated rings. The van der Waals surface area contributed by atoms with Crippen LogP contribution in [-0.4, -0.2) is 11.4 Å². The molecule has 0 spiro atoms. The van der Waals surface area contributed by atoms with Crippen LogP contribution in [0.5, 0.6) is 0 Å². The molecule has 21 rings (SSSR count). The van der Waals surface area contributed by atoms with Crippen molar-refractivity contribution in [2.75, 3.05) is 0 Å². The minimum Gasteiger partial charge on any atom is -0.655 e. The maximum Gasteiger partial charge on any atom is 2.00 e. The third-order valence-electron chi connectivity index (χ3n) is 18.8. The first-order valence-corrected chi connectivity index (χ1v) is 29.0. The number of aromatic nitrogens is 2. The molecule has 6 aromatic rings. The van der Waals surface area contributed by atoms with Crippen LogP contribution in [0.4, 0.5) is 0 Å². The van der Waals surface area contributed by atoms with E-state index in [1.54, 1.807) is 0 Å². The summed E-state index contributed by atoms with van der Waals surface area (Å²) >= 11 is 0. The van der Waals surface area contributed by atoms with Gasteiger partial charge >= 0.3 is 19.5 Å². The predicted octanol–water partition coefficient (Wildman–Crippen LogP) is 12.9. The fourth-order valence-electron chi connectivity index (χ4n) is 15.2. The fraction of sp³-hybridized carbons (Fsp3) is 0.211. The summed E-state index contributed by atoms with van der Waals surface area (Å²) in [4.78, 5) is 24.4. The molecular formula is C76H52N4Zn. The van der Waals surface area contributed by atoms with Gasteiger partial charge in [0.15, 0.2) is 0 Å². The van der Waals surface area contributed by atoms with Crippen LogP contribution >= 0.6 is 0 Å². The van der Waals surface area contributed by atoms with Crippen LogP contribution in [0.25, 0.3) is 16.7 Å². The van der Waals surface area contributed by atoms with E-state index in [0.29, 0.717) is 0 Å². The van der Waals surface area contributed by atoms with Crippen molar-refractivity contribution in [1.29, 1.82) is 0 Å². The van der Waals surface area contributed by atoms with Crippen LogP contribution in [0.1, 0.15) is 131 Å². The Morgan fingerprint density at radius 2 is 0.605 bits per heavy atom. The van der Waals surface area contributed by atoms with E-state index in [4.69, 9.17) is 20.0 Å². The van der Waals surface area contributed by atoms with Gasteiger partial charge in [-0.05, 0) is 128 Å². The zero-order chi connectivity index (χ0) is 52.4.